The van der Waals surface area contributed by atoms with Crippen LogP contribution in [0.25, 0.3) is 10.8 Å². The zero-order valence-corrected chi connectivity index (χ0v) is 16.9. The fourth-order valence-electron chi connectivity index (χ4n) is 3.92. The van der Waals surface area contributed by atoms with Gasteiger partial charge in [0, 0.05) is 30.3 Å². The van der Waals surface area contributed by atoms with E-state index < -0.39 is 26.7 Å². The summed E-state index contributed by atoms with van der Waals surface area (Å²) in [6, 6.07) is 18.7. The van der Waals surface area contributed by atoms with E-state index in [9.17, 15) is 23.3 Å². The van der Waals surface area contributed by atoms with Gasteiger partial charge in [-0.15, -0.1) is 0 Å². The highest BCUT2D eigenvalue weighted by Gasteiger charge is 2.35. The fraction of sp³-hybridized carbons (Fsp3) is 0.227. The van der Waals surface area contributed by atoms with Gasteiger partial charge in [-0.3, -0.25) is 14.9 Å². The van der Waals surface area contributed by atoms with Crippen LogP contribution in [0.1, 0.15) is 22.3 Å². The van der Waals surface area contributed by atoms with Crippen LogP contribution >= 0.6 is 0 Å². The van der Waals surface area contributed by atoms with E-state index in [-0.39, 0.29) is 29.3 Å². The predicted octanol–water partition coefficient (Wildman–Crippen LogP) is 3.58. The van der Waals surface area contributed by atoms with Gasteiger partial charge in [-0.05, 0) is 28.8 Å². The van der Waals surface area contributed by atoms with E-state index in [0.29, 0.717) is 6.42 Å². The van der Waals surface area contributed by atoms with Gasteiger partial charge in [-0.1, -0.05) is 48.5 Å². The lowest BCUT2D eigenvalue weighted by molar-refractivity contribution is -0.384. The number of rotatable bonds is 5. The quantitative estimate of drug-likeness (QED) is 0.461. The van der Waals surface area contributed by atoms with Crippen LogP contribution in [0, 0.1) is 10.1 Å². The van der Waals surface area contributed by atoms with E-state index in [1.807, 2.05) is 42.5 Å². The molecule has 1 fully saturated rings. The van der Waals surface area contributed by atoms with E-state index in [0.717, 1.165) is 16.3 Å². The first kappa shape index (κ1) is 20.0. The molecule has 0 spiro atoms. The van der Waals surface area contributed by atoms with Crippen molar-refractivity contribution in [3.8, 4) is 0 Å². The first-order valence-electron chi connectivity index (χ1n) is 9.56. The minimum atomic E-state index is -3.21. The first-order valence-corrected chi connectivity index (χ1v) is 11.4. The van der Waals surface area contributed by atoms with Crippen molar-refractivity contribution in [3.05, 3.63) is 88.0 Å². The predicted molar refractivity (Wildman–Crippen MR) is 114 cm³/mol. The van der Waals surface area contributed by atoms with Crippen molar-refractivity contribution in [2.45, 2.75) is 19.0 Å². The number of benzene rings is 3. The summed E-state index contributed by atoms with van der Waals surface area (Å²) >= 11 is 0. The van der Waals surface area contributed by atoms with Gasteiger partial charge in [0.1, 0.15) is 0 Å². The molecule has 3 aromatic carbocycles. The van der Waals surface area contributed by atoms with E-state index >= 15 is 0 Å². The number of hydrogen-bond donors (Lipinski definition) is 0. The van der Waals surface area contributed by atoms with E-state index in [1.54, 1.807) is 4.90 Å². The second kappa shape index (κ2) is 7.87. The lowest BCUT2D eigenvalue weighted by atomic mass is 10.0. The summed E-state index contributed by atoms with van der Waals surface area (Å²) in [5.74, 6) is -0.474. The maximum absolute atomic E-state index is 13.4. The van der Waals surface area contributed by atoms with Crippen molar-refractivity contribution < 1.29 is 18.1 Å². The molecule has 30 heavy (non-hydrogen) atoms. The van der Waals surface area contributed by atoms with Crippen LogP contribution in [-0.2, 0) is 16.4 Å². The third-order valence-electron chi connectivity index (χ3n) is 5.43. The van der Waals surface area contributed by atoms with Crippen molar-refractivity contribution in [1.82, 2.24) is 4.90 Å². The highest BCUT2D eigenvalue weighted by molar-refractivity contribution is 7.91. The molecule has 4 rings (SSSR count). The zero-order chi connectivity index (χ0) is 21.3. The standard InChI is InChI=1S/C22H20N2O5S/c25-22(17-7-4-9-19(13-17)24(26)27)23(20-11-12-30(28,29)15-20)14-18-8-3-6-16-5-1-2-10-21(16)18/h1-10,13,20H,11-12,14-15H2/t20-/m0/s1. The molecule has 1 heterocycles. The second-order valence-electron chi connectivity index (χ2n) is 7.44. The number of non-ortho nitro benzene ring substituents is 1. The van der Waals surface area contributed by atoms with Gasteiger partial charge in [0.25, 0.3) is 11.6 Å². The second-order valence-corrected chi connectivity index (χ2v) is 9.66. The van der Waals surface area contributed by atoms with Crippen molar-refractivity contribution in [1.29, 1.82) is 0 Å². The van der Waals surface area contributed by atoms with E-state index in [1.165, 1.54) is 24.3 Å². The Kier molecular flexibility index (Phi) is 5.26. The molecule has 0 bridgehead atoms. The minimum absolute atomic E-state index is 0.0337. The lowest BCUT2D eigenvalue weighted by Gasteiger charge is -2.29. The number of sulfone groups is 1. The van der Waals surface area contributed by atoms with Crippen LogP contribution in [0.3, 0.4) is 0 Å². The topological polar surface area (TPSA) is 97.6 Å². The molecule has 0 radical (unpaired) electrons. The average Bonchev–Trinajstić information content (AvgIpc) is 3.11. The molecule has 1 amide bonds. The molecule has 8 heteroatoms. The zero-order valence-electron chi connectivity index (χ0n) is 16.1. The summed E-state index contributed by atoms with van der Waals surface area (Å²) in [6.45, 7) is 0.225. The lowest BCUT2D eigenvalue weighted by Crippen LogP contribution is -2.40. The molecule has 0 N–H and O–H groups in total. The average molecular weight is 424 g/mol. The Morgan fingerprint density at radius 1 is 1.07 bits per heavy atom. The molecular formula is C22H20N2O5S. The van der Waals surface area contributed by atoms with Crippen molar-refractivity contribution in [2.24, 2.45) is 0 Å². The third-order valence-corrected chi connectivity index (χ3v) is 7.18. The molecule has 0 aromatic heterocycles. The number of amides is 1. The summed E-state index contributed by atoms with van der Waals surface area (Å²) in [4.78, 5) is 25.5. The summed E-state index contributed by atoms with van der Waals surface area (Å²) in [5.41, 5.74) is 0.898. The van der Waals surface area contributed by atoms with Crippen LogP contribution < -0.4 is 0 Å². The molecule has 1 aliphatic rings. The number of fused-ring (bicyclic) bond motifs is 1. The minimum Gasteiger partial charge on any atom is -0.330 e. The number of nitro benzene ring substituents is 1. The number of hydrogen-bond acceptors (Lipinski definition) is 5. The van der Waals surface area contributed by atoms with Crippen molar-refractivity contribution >= 4 is 32.2 Å². The molecule has 0 aliphatic carbocycles. The highest BCUT2D eigenvalue weighted by atomic mass is 32.2. The number of nitro groups is 1. The Bertz CT molecular complexity index is 1230. The van der Waals surface area contributed by atoms with Gasteiger partial charge in [0.15, 0.2) is 9.84 Å². The fourth-order valence-corrected chi connectivity index (χ4v) is 5.65. The molecule has 0 unspecified atom stereocenters. The summed E-state index contributed by atoms with van der Waals surface area (Å²) in [7, 11) is -3.21. The van der Waals surface area contributed by atoms with Crippen molar-refractivity contribution in [2.75, 3.05) is 11.5 Å². The Morgan fingerprint density at radius 3 is 2.53 bits per heavy atom. The molecule has 0 saturated carbocycles. The molecule has 154 valence electrons. The normalized spacial score (nSPS) is 17.7. The van der Waals surface area contributed by atoms with Gasteiger partial charge in [0.05, 0.1) is 16.4 Å². The van der Waals surface area contributed by atoms with Crippen molar-refractivity contribution in [3.63, 3.8) is 0 Å². The van der Waals surface area contributed by atoms with Gasteiger partial charge in [-0.25, -0.2) is 8.42 Å². The Morgan fingerprint density at radius 2 is 1.80 bits per heavy atom. The maximum Gasteiger partial charge on any atom is 0.270 e. The SMILES string of the molecule is O=C(c1cccc([N+](=O)[O-])c1)N(Cc1cccc2ccccc12)[C@H]1CCS(=O)(=O)C1. The maximum atomic E-state index is 13.4. The number of carbonyl (C=O) groups is 1. The number of nitrogens with zero attached hydrogens (tertiary/aromatic N) is 2. The highest BCUT2D eigenvalue weighted by Crippen LogP contribution is 2.26. The molecule has 1 saturated heterocycles. The molecule has 1 aliphatic heterocycles. The monoisotopic (exact) mass is 424 g/mol. The molecule has 7 nitrogen and oxygen atoms in total. The van der Waals surface area contributed by atoms with Gasteiger partial charge in [0.2, 0.25) is 0 Å². The van der Waals surface area contributed by atoms with Gasteiger partial charge >= 0.3 is 0 Å². The molecule has 3 aromatic rings. The van der Waals surface area contributed by atoms with Gasteiger partial charge in [-0.2, -0.15) is 0 Å². The van der Waals surface area contributed by atoms with Crippen LogP contribution in [-0.4, -0.2) is 41.7 Å². The Labute approximate surface area is 174 Å². The van der Waals surface area contributed by atoms with Crippen LogP contribution in [0.5, 0.6) is 0 Å². The van der Waals surface area contributed by atoms with Gasteiger partial charge < -0.3 is 4.90 Å². The first-order chi connectivity index (χ1) is 14.3. The molecular weight excluding hydrogens is 404 g/mol. The summed E-state index contributed by atoms with van der Waals surface area (Å²) < 4.78 is 24.2. The molecule has 1 atom stereocenters. The number of carbonyl (C=O) groups excluding carboxylic acids is 1. The van der Waals surface area contributed by atoms with Crippen LogP contribution in [0.15, 0.2) is 66.7 Å². The van der Waals surface area contributed by atoms with E-state index in [4.69, 9.17) is 0 Å². The summed E-state index contributed by atoms with van der Waals surface area (Å²) in [5, 5.41) is 13.1. The van der Waals surface area contributed by atoms with E-state index in [2.05, 4.69) is 0 Å². The summed E-state index contributed by atoms with van der Waals surface area (Å²) in [6.07, 6.45) is 0.355. The Balaban J connectivity index is 1.74. The van der Waals surface area contributed by atoms with Crippen LogP contribution in [0.4, 0.5) is 5.69 Å². The smallest absolute Gasteiger partial charge is 0.270 e. The van der Waals surface area contributed by atoms with Crippen LogP contribution in [0.2, 0.25) is 0 Å². The largest absolute Gasteiger partial charge is 0.330 e. The third kappa shape index (κ3) is 4.04. The Hall–Kier alpha value is -3.26.